The number of anilines is 1. The molecule has 100 valence electrons. The van der Waals surface area contributed by atoms with E-state index in [-0.39, 0.29) is 5.91 Å². The fourth-order valence-corrected chi connectivity index (χ4v) is 1.60. The molecule has 1 heterocycles. The van der Waals surface area contributed by atoms with E-state index in [2.05, 4.69) is 22.5 Å². The highest BCUT2D eigenvalue weighted by atomic mass is 16.1. The SMILES string of the molecule is CCCCCNc1cc(C(=O)NCCC)ccn1. The molecule has 1 amide bonds. The van der Waals surface area contributed by atoms with Crippen LogP contribution in [0.4, 0.5) is 5.82 Å². The van der Waals surface area contributed by atoms with Gasteiger partial charge < -0.3 is 10.6 Å². The lowest BCUT2D eigenvalue weighted by Crippen LogP contribution is -2.24. The average molecular weight is 249 g/mol. The molecule has 0 aliphatic heterocycles. The number of unbranched alkanes of at least 4 members (excludes halogenated alkanes) is 2. The van der Waals surface area contributed by atoms with Crippen LogP contribution in [-0.4, -0.2) is 24.0 Å². The van der Waals surface area contributed by atoms with Crippen molar-refractivity contribution in [3.05, 3.63) is 23.9 Å². The lowest BCUT2D eigenvalue weighted by atomic mass is 10.2. The summed E-state index contributed by atoms with van der Waals surface area (Å²) in [5.74, 6) is 0.742. The number of amides is 1. The predicted octanol–water partition coefficient (Wildman–Crippen LogP) is 2.82. The van der Waals surface area contributed by atoms with Crippen LogP contribution in [0.3, 0.4) is 0 Å². The maximum absolute atomic E-state index is 11.8. The van der Waals surface area contributed by atoms with Gasteiger partial charge in [0.25, 0.3) is 5.91 Å². The number of carbonyl (C=O) groups is 1. The quantitative estimate of drug-likeness (QED) is 0.697. The molecule has 1 aromatic heterocycles. The molecule has 0 spiro atoms. The van der Waals surface area contributed by atoms with Crippen molar-refractivity contribution in [2.45, 2.75) is 39.5 Å². The molecule has 0 fully saturated rings. The van der Waals surface area contributed by atoms with Gasteiger partial charge >= 0.3 is 0 Å². The fourth-order valence-electron chi connectivity index (χ4n) is 1.60. The minimum absolute atomic E-state index is 0.0316. The van der Waals surface area contributed by atoms with Gasteiger partial charge in [-0.2, -0.15) is 0 Å². The molecule has 1 rings (SSSR count). The summed E-state index contributed by atoms with van der Waals surface area (Å²) >= 11 is 0. The van der Waals surface area contributed by atoms with Crippen molar-refractivity contribution >= 4 is 11.7 Å². The van der Waals surface area contributed by atoms with Gasteiger partial charge in [-0.3, -0.25) is 4.79 Å². The molecule has 0 saturated heterocycles. The standard InChI is InChI=1S/C14H23N3O/c1-3-5-6-9-15-13-11-12(7-10-16-13)14(18)17-8-4-2/h7,10-11H,3-6,8-9H2,1-2H3,(H,15,16)(H,17,18). The minimum Gasteiger partial charge on any atom is -0.370 e. The molecule has 0 unspecified atom stereocenters. The van der Waals surface area contributed by atoms with Crippen LogP contribution in [-0.2, 0) is 0 Å². The first-order chi connectivity index (χ1) is 8.77. The Bertz CT molecular complexity index is 366. The first-order valence-corrected chi connectivity index (χ1v) is 6.76. The number of nitrogens with zero attached hydrogens (tertiary/aromatic N) is 1. The van der Waals surface area contributed by atoms with E-state index in [1.54, 1.807) is 18.3 Å². The Morgan fingerprint density at radius 2 is 2.06 bits per heavy atom. The topological polar surface area (TPSA) is 54.0 Å². The molecule has 0 radical (unpaired) electrons. The van der Waals surface area contributed by atoms with Crippen LogP contribution in [0.1, 0.15) is 49.9 Å². The van der Waals surface area contributed by atoms with E-state index < -0.39 is 0 Å². The molecular weight excluding hydrogens is 226 g/mol. The van der Waals surface area contributed by atoms with Crippen molar-refractivity contribution in [3.63, 3.8) is 0 Å². The second kappa shape index (κ2) is 8.50. The van der Waals surface area contributed by atoms with Gasteiger partial charge in [0.1, 0.15) is 5.82 Å². The summed E-state index contributed by atoms with van der Waals surface area (Å²) in [4.78, 5) is 16.0. The van der Waals surface area contributed by atoms with Crippen LogP contribution in [0.25, 0.3) is 0 Å². The van der Waals surface area contributed by atoms with E-state index >= 15 is 0 Å². The zero-order valence-corrected chi connectivity index (χ0v) is 11.3. The Balaban J connectivity index is 2.48. The van der Waals surface area contributed by atoms with Crippen molar-refractivity contribution in [2.75, 3.05) is 18.4 Å². The van der Waals surface area contributed by atoms with Crippen molar-refractivity contribution in [1.29, 1.82) is 0 Å². The first-order valence-electron chi connectivity index (χ1n) is 6.76. The average Bonchev–Trinajstić information content (AvgIpc) is 2.41. The molecule has 4 heteroatoms. The third-order valence-corrected chi connectivity index (χ3v) is 2.64. The molecule has 18 heavy (non-hydrogen) atoms. The van der Waals surface area contributed by atoms with Crippen LogP contribution in [0, 0.1) is 0 Å². The van der Waals surface area contributed by atoms with Crippen LogP contribution >= 0.6 is 0 Å². The maximum atomic E-state index is 11.8. The molecular formula is C14H23N3O. The molecule has 0 aromatic carbocycles. The van der Waals surface area contributed by atoms with E-state index in [9.17, 15) is 4.79 Å². The van der Waals surface area contributed by atoms with Crippen LogP contribution < -0.4 is 10.6 Å². The van der Waals surface area contributed by atoms with Gasteiger partial charge in [-0.25, -0.2) is 4.98 Å². The van der Waals surface area contributed by atoms with Gasteiger partial charge in [0.05, 0.1) is 0 Å². The minimum atomic E-state index is -0.0316. The van der Waals surface area contributed by atoms with E-state index in [1.807, 2.05) is 6.92 Å². The first kappa shape index (κ1) is 14.5. The van der Waals surface area contributed by atoms with Gasteiger partial charge in [-0.15, -0.1) is 0 Å². The van der Waals surface area contributed by atoms with E-state index in [0.29, 0.717) is 12.1 Å². The van der Waals surface area contributed by atoms with E-state index in [0.717, 1.165) is 25.2 Å². The summed E-state index contributed by atoms with van der Waals surface area (Å²) < 4.78 is 0. The number of nitrogens with one attached hydrogen (secondary N) is 2. The Morgan fingerprint density at radius 1 is 1.22 bits per heavy atom. The van der Waals surface area contributed by atoms with Gasteiger partial charge in [0.15, 0.2) is 0 Å². The Kier molecular flexibility index (Phi) is 6.84. The highest BCUT2D eigenvalue weighted by molar-refractivity contribution is 5.94. The molecule has 0 atom stereocenters. The third-order valence-electron chi connectivity index (χ3n) is 2.64. The zero-order valence-electron chi connectivity index (χ0n) is 11.3. The third kappa shape index (κ3) is 5.17. The monoisotopic (exact) mass is 249 g/mol. The Labute approximate surface area is 109 Å². The van der Waals surface area contributed by atoms with Crippen LogP contribution in [0.5, 0.6) is 0 Å². The number of carbonyl (C=O) groups excluding carboxylic acids is 1. The second-order valence-corrected chi connectivity index (χ2v) is 4.32. The molecule has 4 nitrogen and oxygen atoms in total. The number of hydrogen-bond donors (Lipinski definition) is 2. The summed E-state index contributed by atoms with van der Waals surface area (Å²) in [5, 5.41) is 6.10. The Hall–Kier alpha value is -1.58. The van der Waals surface area contributed by atoms with Crippen molar-refractivity contribution < 1.29 is 4.79 Å². The maximum Gasteiger partial charge on any atom is 0.251 e. The lowest BCUT2D eigenvalue weighted by Gasteiger charge is -2.07. The van der Waals surface area contributed by atoms with Crippen molar-refractivity contribution in [1.82, 2.24) is 10.3 Å². The van der Waals surface area contributed by atoms with E-state index in [1.165, 1.54) is 12.8 Å². The smallest absolute Gasteiger partial charge is 0.251 e. The normalized spacial score (nSPS) is 10.1. The summed E-state index contributed by atoms with van der Waals surface area (Å²) in [7, 11) is 0. The zero-order chi connectivity index (χ0) is 13.2. The van der Waals surface area contributed by atoms with E-state index in [4.69, 9.17) is 0 Å². The molecule has 0 saturated carbocycles. The molecule has 1 aromatic rings. The molecule has 0 aliphatic carbocycles. The van der Waals surface area contributed by atoms with Crippen molar-refractivity contribution in [2.24, 2.45) is 0 Å². The van der Waals surface area contributed by atoms with Gasteiger partial charge in [0.2, 0.25) is 0 Å². The fraction of sp³-hybridized carbons (Fsp3) is 0.571. The highest BCUT2D eigenvalue weighted by Gasteiger charge is 2.05. The van der Waals surface area contributed by atoms with Crippen LogP contribution in [0.15, 0.2) is 18.3 Å². The largest absolute Gasteiger partial charge is 0.370 e. The highest BCUT2D eigenvalue weighted by Crippen LogP contribution is 2.07. The molecule has 0 aliphatic rings. The number of pyridine rings is 1. The van der Waals surface area contributed by atoms with Crippen molar-refractivity contribution in [3.8, 4) is 0 Å². The second-order valence-electron chi connectivity index (χ2n) is 4.32. The van der Waals surface area contributed by atoms with Crippen LogP contribution in [0.2, 0.25) is 0 Å². The summed E-state index contributed by atoms with van der Waals surface area (Å²) in [5.41, 5.74) is 0.663. The lowest BCUT2D eigenvalue weighted by molar-refractivity contribution is 0.0953. The molecule has 2 N–H and O–H groups in total. The number of hydrogen-bond acceptors (Lipinski definition) is 3. The Morgan fingerprint density at radius 3 is 2.78 bits per heavy atom. The predicted molar refractivity (Wildman–Crippen MR) is 74.9 cm³/mol. The summed E-state index contributed by atoms with van der Waals surface area (Å²) in [6.45, 7) is 5.83. The summed E-state index contributed by atoms with van der Waals surface area (Å²) in [6, 6.07) is 3.54. The molecule has 0 bridgehead atoms. The number of aromatic nitrogens is 1. The number of rotatable bonds is 8. The van der Waals surface area contributed by atoms with Gasteiger partial charge in [-0.05, 0) is 25.0 Å². The van der Waals surface area contributed by atoms with Gasteiger partial charge in [0, 0.05) is 24.8 Å². The van der Waals surface area contributed by atoms with Gasteiger partial charge in [-0.1, -0.05) is 26.7 Å². The summed E-state index contributed by atoms with van der Waals surface area (Å²) in [6.07, 6.45) is 6.16.